The maximum atomic E-state index is 5.81. The van der Waals surface area contributed by atoms with E-state index in [1.807, 2.05) is 0 Å². The molecule has 0 radical (unpaired) electrons. The number of hydrogen-bond donors (Lipinski definition) is 1. The van der Waals surface area contributed by atoms with Crippen LogP contribution in [0.15, 0.2) is 0 Å². The molecule has 2 fully saturated rings. The fraction of sp³-hybridized carbons (Fsp3) is 1.00. The quantitative estimate of drug-likeness (QED) is 0.813. The molecule has 0 saturated carbocycles. The molecular formula is C14H28N2O. The topological polar surface area (TPSA) is 24.5 Å². The molecule has 3 unspecified atom stereocenters. The standard InChI is InChI=1S/C14H28N2O/c1-4-6-14(7-5-8-15-14)11-16-9-12(2)17-13(3)10-16/h12-13,15H,4-11H2,1-3H3. The van der Waals surface area contributed by atoms with Crippen LogP contribution in [-0.4, -0.2) is 48.8 Å². The molecule has 2 heterocycles. The van der Waals surface area contributed by atoms with Crippen molar-refractivity contribution in [3.8, 4) is 0 Å². The van der Waals surface area contributed by atoms with Gasteiger partial charge in [-0.1, -0.05) is 13.3 Å². The predicted octanol–water partition coefficient (Wildman–Crippen LogP) is 2.02. The van der Waals surface area contributed by atoms with Crippen molar-refractivity contribution < 1.29 is 4.74 Å². The van der Waals surface area contributed by atoms with E-state index in [1.165, 1.54) is 38.8 Å². The minimum absolute atomic E-state index is 0.388. The molecule has 0 aromatic heterocycles. The van der Waals surface area contributed by atoms with Crippen LogP contribution in [0.4, 0.5) is 0 Å². The summed E-state index contributed by atoms with van der Waals surface area (Å²) in [5.74, 6) is 0. The molecule has 2 aliphatic heterocycles. The van der Waals surface area contributed by atoms with E-state index in [-0.39, 0.29) is 0 Å². The van der Waals surface area contributed by atoms with E-state index in [4.69, 9.17) is 4.74 Å². The van der Waals surface area contributed by atoms with Gasteiger partial charge >= 0.3 is 0 Å². The highest BCUT2D eigenvalue weighted by Gasteiger charge is 2.36. The molecule has 0 amide bonds. The molecular weight excluding hydrogens is 212 g/mol. The summed E-state index contributed by atoms with van der Waals surface area (Å²) in [4.78, 5) is 2.60. The van der Waals surface area contributed by atoms with E-state index in [2.05, 4.69) is 31.0 Å². The van der Waals surface area contributed by atoms with E-state index in [1.54, 1.807) is 0 Å². The maximum Gasteiger partial charge on any atom is 0.0678 e. The number of ether oxygens (including phenoxy) is 1. The lowest BCUT2D eigenvalue weighted by atomic mass is 9.91. The van der Waals surface area contributed by atoms with Crippen LogP contribution in [0.25, 0.3) is 0 Å². The second-order valence-corrected chi connectivity index (χ2v) is 6.01. The zero-order valence-corrected chi connectivity index (χ0v) is 11.7. The average Bonchev–Trinajstić information content (AvgIpc) is 2.65. The number of nitrogens with one attached hydrogen (secondary N) is 1. The molecule has 0 bridgehead atoms. The van der Waals surface area contributed by atoms with Crippen LogP contribution >= 0.6 is 0 Å². The molecule has 3 nitrogen and oxygen atoms in total. The van der Waals surface area contributed by atoms with Crippen LogP contribution in [0, 0.1) is 0 Å². The zero-order chi connectivity index (χ0) is 12.3. The normalized spacial score (nSPS) is 39.7. The molecule has 0 spiro atoms. The summed E-state index contributed by atoms with van der Waals surface area (Å²) in [6, 6.07) is 0. The van der Waals surface area contributed by atoms with Crippen molar-refractivity contribution in [1.82, 2.24) is 10.2 Å². The van der Waals surface area contributed by atoms with E-state index in [0.717, 1.165) is 13.1 Å². The van der Waals surface area contributed by atoms with Gasteiger partial charge in [-0.2, -0.15) is 0 Å². The first-order chi connectivity index (χ1) is 8.13. The Balaban J connectivity index is 1.93. The number of morpholine rings is 1. The number of rotatable bonds is 4. The highest BCUT2D eigenvalue weighted by atomic mass is 16.5. The average molecular weight is 240 g/mol. The Labute approximate surface area is 106 Å². The summed E-state index contributed by atoms with van der Waals surface area (Å²) in [6.07, 6.45) is 6.06. The molecule has 0 aromatic rings. The first kappa shape index (κ1) is 13.3. The molecule has 0 aromatic carbocycles. The van der Waals surface area contributed by atoms with Gasteiger partial charge < -0.3 is 10.1 Å². The first-order valence-corrected chi connectivity index (χ1v) is 7.26. The Morgan fingerprint density at radius 1 is 1.29 bits per heavy atom. The smallest absolute Gasteiger partial charge is 0.0678 e. The van der Waals surface area contributed by atoms with E-state index >= 15 is 0 Å². The summed E-state index contributed by atoms with van der Waals surface area (Å²) < 4.78 is 5.81. The van der Waals surface area contributed by atoms with Crippen molar-refractivity contribution in [3.63, 3.8) is 0 Å². The highest BCUT2D eigenvalue weighted by molar-refractivity contribution is 4.96. The Morgan fingerprint density at radius 2 is 2.00 bits per heavy atom. The summed E-state index contributed by atoms with van der Waals surface area (Å²) in [7, 11) is 0. The fourth-order valence-electron chi connectivity index (χ4n) is 3.62. The highest BCUT2D eigenvalue weighted by Crippen LogP contribution is 2.27. The second kappa shape index (κ2) is 5.68. The van der Waals surface area contributed by atoms with Gasteiger partial charge in [-0.3, -0.25) is 4.90 Å². The number of hydrogen-bond acceptors (Lipinski definition) is 3. The Kier molecular flexibility index (Phi) is 4.45. The molecule has 17 heavy (non-hydrogen) atoms. The molecule has 3 atom stereocenters. The van der Waals surface area contributed by atoms with E-state index < -0.39 is 0 Å². The summed E-state index contributed by atoms with van der Waals surface area (Å²) >= 11 is 0. The molecule has 2 saturated heterocycles. The Hall–Kier alpha value is -0.120. The van der Waals surface area contributed by atoms with Gasteiger partial charge in [-0.25, -0.2) is 0 Å². The largest absolute Gasteiger partial charge is 0.373 e. The van der Waals surface area contributed by atoms with Gasteiger partial charge in [0.2, 0.25) is 0 Å². The van der Waals surface area contributed by atoms with Crippen molar-refractivity contribution in [2.45, 2.75) is 64.2 Å². The van der Waals surface area contributed by atoms with Gasteiger partial charge in [0.15, 0.2) is 0 Å². The third-order valence-electron chi connectivity index (χ3n) is 4.08. The minimum atomic E-state index is 0.388. The molecule has 0 aliphatic carbocycles. The lowest BCUT2D eigenvalue weighted by molar-refractivity contribution is -0.0739. The van der Waals surface area contributed by atoms with Crippen LogP contribution in [0.3, 0.4) is 0 Å². The van der Waals surface area contributed by atoms with Crippen molar-refractivity contribution in [3.05, 3.63) is 0 Å². The fourth-order valence-corrected chi connectivity index (χ4v) is 3.62. The predicted molar refractivity (Wildman–Crippen MR) is 71.3 cm³/mol. The van der Waals surface area contributed by atoms with E-state index in [0.29, 0.717) is 17.7 Å². The van der Waals surface area contributed by atoms with Crippen molar-refractivity contribution in [1.29, 1.82) is 0 Å². The van der Waals surface area contributed by atoms with Crippen molar-refractivity contribution in [2.24, 2.45) is 0 Å². The third kappa shape index (κ3) is 3.43. The van der Waals surface area contributed by atoms with Crippen molar-refractivity contribution in [2.75, 3.05) is 26.2 Å². The van der Waals surface area contributed by atoms with Crippen molar-refractivity contribution >= 4 is 0 Å². The van der Waals surface area contributed by atoms with Gasteiger partial charge in [0.1, 0.15) is 0 Å². The monoisotopic (exact) mass is 240 g/mol. The van der Waals surface area contributed by atoms with Gasteiger partial charge in [0.25, 0.3) is 0 Å². The Morgan fingerprint density at radius 3 is 2.53 bits per heavy atom. The molecule has 100 valence electrons. The lowest BCUT2D eigenvalue weighted by Crippen LogP contribution is -2.55. The van der Waals surface area contributed by atoms with Crippen LogP contribution in [0.1, 0.15) is 46.5 Å². The van der Waals surface area contributed by atoms with Crippen LogP contribution in [-0.2, 0) is 4.74 Å². The van der Waals surface area contributed by atoms with Gasteiger partial charge in [-0.15, -0.1) is 0 Å². The minimum Gasteiger partial charge on any atom is -0.373 e. The van der Waals surface area contributed by atoms with Crippen LogP contribution < -0.4 is 5.32 Å². The van der Waals surface area contributed by atoms with Gasteiger partial charge in [0.05, 0.1) is 12.2 Å². The maximum absolute atomic E-state index is 5.81. The molecule has 2 aliphatic rings. The summed E-state index contributed by atoms with van der Waals surface area (Å²) in [5.41, 5.74) is 0.394. The number of nitrogens with zero attached hydrogens (tertiary/aromatic N) is 1. The van der Waals surface area contributed by atoms with Gasteiger partial charge in [0, 0.05) is 25.2 Å². The molecule has 3 heteroatoms. The van der Waals surface area contributed by atoms with Gasteiger partial charge in [-0.05, 0) is 39.7 Å². The summed E-state index contributed by atoms with van der Waals surface area (Å²) in [5, 5.41) is 3.77. The second-order valence-electron chi connectivity index (χ2n) is 6.01. The van der Waals surface area contributed by atoms with Crippen LogP contribution in [0.5, 0.6) is 0 Å². The molecule has 2 rings (SSSR count). The third-order valence-corrected chi connectivity index (χ3v) is 4.08. The zero-order valence-electron chi connectivity index (χ0n) is 11.7. The van der Waals surface area contributed by atoms with E-state index in [9.17, 15) is 0 Å². The summed E-state index contributed by atoms with van der Waals surface area (Å²) in [6.45, 7) is 11.3. The first-order valence-electron chi connectivity index (χ1n) is 7.26. The Bertz CT molecular complexity index is 228. The SMILES string of the molecule is CCCC1(CN2CC(C)OC(C)C2)CCCN1. The van der Waals surface area contributed by atoms with Crippen LogP contribution in [0.2, 0.25) is 0 Å². The lowest BCUT2D eigenvalue weighted by Gasteiger charge is -2.41. The molecule has 1 N–H and O–H groups in total.